The van der Waals surface area contributed by atoms with E-state index < -0.39 is 0 Å². The Balaban J connectivity index is 0.00000144. The molecular weight excluding hydrogens is 267 g/mol. The average molecular weight is 291 g/mol. The zero-order chi connectivity index (χ0) is 11.2. The van der Waals surface area contributed by atoms with Gasteiger partial charge in [-0.3, -0.25) is 0 Å². The van der Waals surface area contributed by atoms with Crippen LogP contribution in [-0.4, -0.2) is 31.1 Å². The van der Waals surface area contributed by atoms with Crippen molar-refractivity contribution >= 4 is 24.8 Å². The summed E-state index contributed by atoms with van der Waals surface area (Å²) >= 11 is 0. The summed E-state index contributed by atoms with van der Waals surface area (Å²) < 4.78 is 0. The molecule has 1 saturated heterocycles. The molecule has 1 fully saturated rings. The molecule has 0 unspecified atom stereocenters. The maximum atomic E-state index is 5.58. The first-order valence-electron chi connectivity index (χ1n) is 6.35. The zero-order valence-electron chi connectivity index (χ0n) is 10.8. The summed E-state index contributed by atoms with van der Waals surface area (Å²) in [4.78, 5) is 2.49. The summed E-state index contributed by atoms with van der Waals surface area (Å²) in [5.74, 6) is 0.872. The molecular formula is C14H24Cl2N2. The lowest BCUT2D eigenvalue weighted by molar-refractivity contribution is 0.188. The predicted molar refractivity (Wildman–Crippen MR) is 82.9 cm³/mol. The third-order valence-corrected chi connectivity index (χ3v) is 3.52. The van der Waals surface area contributed by atoms with Gasteiger partial charge in [-0.25, -0.2) is 0 Å². The Morgan fingerprint density at radius 1 is 1.06 bits per heavy atom. The fourth-order valence-electron chi connectivity index (χ4n) is 2.54. The van der Waals surface area contributed by atoms with Crippen LogP contribution in [0.3, 0.4) is 0 Å². The second kappa shape index (κ2) is 9.62. The van der Waals surface area contributed by atoms with Gasteiger partial charge in [-0.2, -0.15) is 0 Å². The Bertz CT molecular complexity index is 298. The Morgan fingerprint density at radius 2 is 1.67 bits per heavy atom. The van der Waals surface area contributed by atoms with Crippen LogP contribution in [0.25, 0.3) is 0 Å². The molecule has 4 heteroatoms. The number of hydrogen-bond donors (Lipinski definition) is 1. The van der Waals surface area contributed by atoms with Gasteiger partial charge in [0.05, 0.1) is 0 Å². The van der Waals surface area contributed by atoms with Crippen molar-refractivity contribution in [1.82, 2.24) is 4.90 Å². The van der Waals surface area contributed by atoms with Crippen molar-refractivity contribution in [1.29, 1.82) is 0 Å². The maximum Gasteiger partial charge on any atom is 0.0105 e. The van der Waals surface area contributed by atoms with E-state index in [1.807, 2.05) is 0 Å². The Kier molecular flexibility index (Phi) is 9.47. The molecule has 0 aliphatic carbocycles. The average Bonchev–Trinajstić information content (AvgIpc) is 2.33. The lowest BCUT2D eigenvalue weighted by Crippen LogP contribution is -2.37. The van der Waals surface area contributed by atoms with Gasteiger partial charge in [-0.1, -0.05) is 30.3 Å². The molecule has 0 atom stereocenters. The number of rotatable bonds is 4. The number of benzene rings is 1. The van der Waals surface area contributed by atoms with Crippen LogP contribution in [0.15, 0.2) is 30.3 Å². The first kappa shape index (κ1) is 17.7. The van der Waals surface area contributed by atoms with Gasteiger partial charge in [-0.15, -0.1) is 24.8 Å². The predicted octanol–water partition coefficient (Wildman–Crippen LogP) is 2.74. The molecule has 1 aliphatic heterocycles. The largest absolute Gasteiger partial charge is 0.329 e. The van der Waals surface area contributed by atoms with Crippen LogP contribution in [0.5, 0.6) is 0 Å². The highest BCUT2D eigenvalue weighted by molar-refractivity contribution is 5.85. The first-order chi connectivity index (χ1) is 7.88. The Labute approximate surface area is 123 Å². The van der Waals surface area contributed by atoms with Crippen LogP contribution in [0, 0.1) is 5.92 Å². The molecule has 0 bridgehead atoms. The minimum atomic E-state index is 0. The maximum absolute atomic E-state index is 5.58. The highest BCUT2D eigenvalue weighted by Crippen LogP contribution is 2.21. The number of nitrogens with zero attached hydrogens (tertiary/aromatic N) is 1. The van der Waals surface area contributed by atoms with Crippen LogP contribution in [0.1, 0.15) is 18.4 Å². The number of hydrogen-bond acceptors (Lipinski definition) is 2. The fraction of sp³-hybridized carbons (Fsp3) is 0.571. The summed E-state index contributed by atoms with van der Waals surface area (Å²) in [5, 5.41) is 0. The summed E-state index contributed by atoms with van der Waals surface area (Å²) in [7, 11) is 0. The van der Waals surface area contributed by atoms with Crippen LogP contribution >= 0.6 is 24.8 Å². The molecule has 104 valence electrons. The number of piperidine rings is 1. The topological polar surface area (TPSA) is 29.3 Å². The smallest absolute Gasteiger partial charge is 0.0105 e. The third-order valence-electron chi connectivity index (χ3n) is 3.52. The van der Waals surface area contributed by atoms with E-state index in [9.17, 15) is 0 Å². The lowest BCUT2D eigenvalue weighted by atomic mass is 9.90. The molecule has 2 N–H and O–H groups in total. The van der Waals surface area contributed by atoms with Gasteiger partial charge in [-0.05, 0) is 43.8 Å². The minimum Gasteiger partial charge on any atom is -0.329 e. The van der Waals surface area contributed by atoms with Crippen molar-refractivity contribution < 1.29 is 0 Å². The van der Waals surface area contributed by atoms with Crippen molar-refractivity contribution in [3.63, 3.8) is 0 Å². The highest BCUT2D eigenvalue weighted by atomic mass is 35.5. The molecule has 1 heterocycles. The zero-order valence-corrected chi connectivity index (χ0v) is 12.4. The van der Waals surface area contributed by atoms with Gasteiger partial charge < -0.3 is 10.6 Å². The molecule has 0 spiro atoms. The van der Waals surface area contributed by atoms with Gasteiger partial charge in [0.1, 0.15) is 0 Å². The molecule has 0 radical (unpaired) electrons. The van der Waals surface area contributed by atoms with Crippen molar-refractivity contribution in [2.24, 2.45) is 11.7 Å². The molecule has 18 heavy (non-hydrogen) atoms. The van der Waals surface area contributed by atoms with Crippen molar-refractivity contribution in [2.45, 2.75) is 19.3 Å². The van der Waals surface area contributed by atoms with E-state index in [1.54, 1.807) is 0 Å². The van der Waals surface area contributed by atoms with E-state index in [2.05, 4.69) is 35.2 Å². The SMILES string of the molecule is Cl.Cl.NCCN1CCC(Cc2ccccc2)CC1. The summed E-state index contributed by atoms with van der Waals surface area (Å²) in [5.41, 5.74) is 7.06. The molecule has 0 amide bonds. The van der Waals surface area contributed by atoms with Gasteiger partial charge >= 0.3 is 0 Å². The summed E-state index contributed by atoms with van der Waals surface area (Å²) in [6.07, 6.45) is 3.90. The first-order valence-corrected chi connectivity index (χ1v) is 6.35. The molecule has 1 aromatic rings. The summed E-state index contributed by atoms with van der Waals surface area (Å²) in [6.45, 7) is 4.32. The van der Waals surface area contributed by atoms with Crippen molar-refractivity contribution in [3.05, 3.63) is 35.9 Å². The van der Waals surface area contributed by atoms with E-state index in [0.29, 0.717) is 0 Å². The van der Waals surface area contributed by atoms with E-state index in [4.69, 9.17) is 5.73 Å². The molecule has 2 nitrogen and oxygen atoms in total. The van der Waals surface area contributed by atoms with E-state index in [1.165, 1.54) is 37.9 Å². The number of halogens is 2. The van der Waals surface area contributed by atoms with E-state index in [0.717, 1.165) is 19.0 Å². The van der Waals surface area contributed by atoms with Crippen LogP contribution in [0.2, 0.25) is 0 Å². The van der Waals surface area contributed by atoms with Gasteiger partial charge in [0.15, 0.2) is 0 Å². The molecule has 0 saturated carbocycles. The van der Waals surface area contributed by atoms with E-state index in [-0.39, 0.29) is 24.8 Å². The van der Waals surface area contributed by atoms with E-state index >= 15 is 0 Å². The van der Waals surface area contributed by atoms with Crippen LogP contribution in [0.4, 0.5) is 0 Å². The van der Waals surface area contributed by atoms with Crippen molar-refractivity contribution in [2.75, 3.05) is 26.2 Å². The Morgan fingerprint density at radius 3 is 2.22 bits per heavy atom. The minimum absolute atomic E-state index is 0. The Hall–Kier alpha value is -0.280. The van der Waals surface area contributed by atoms with Gasteiger partial charge in [0, 0.05) is 13.1 Å². The van der Waals surface area contributed by atoms with Crippen LogP contribution in [-0.2, 0) is 6.42 Å². The standard InChI is InChI=1S/C14H22N2.2ClH/c15-8-11-16-9-6-14(7-10-16)12-13-4-2-1-3-5-13;;/h1-5,14H,6-12,15H2;2*1H. The van der Waals surface area contributed by atoms with Crippen molar-refractivity contribution in [3.8, 4) is 0 Å². The lowest BCUT2D eigenvalue weighted by Gasteiger charge is -2.31. The highest BCUT2D eigenvalue weighted by Gasteiger charge is 2.18. The monoisotopic (exact) mass is 290 g/mol. The fourth-order valence-corrected chi connectivity index (χ4v) is 2.54. The van der Waals surface area contributed by atoms with Crippen LogP contribution < -0.4 is 5.73 Å². The molecule has 1 aliphatic rings. The number of nitrogens with two attached hydrogens (primary N) is 1. The molecule has 1 aromatic carbocycles. The second-order valence-electron chi connectivity index (χ2n) is 4.76. The number of likely N-dealkylation sites (tertiary alicyclic amines) is 1. The third kappa shape index (κ3) is 5.57. The molecule has 0 aromatic heterocycles. The second-order valence-corrected chi connectivity index (χ2v) is 4.76. The normalized spacial score (nSPS) is 16.7. The molecule has 2 rings (SSSR count). The van der Waals surface area contributed by atoms with Gasteiger partial charge in [0.2, 0.25) is 0 Å². The van der Waals surface area contributed by atoms with Gasteiger partial charge in [0.25, 0.3) is 0 Å². The quantitative estimate of drug-likeness (QED) is 0.924. The summed E-state index contributed by atoms with van der Waals surface area (Å²) in [6, 6.07) is 10.9.